The first-order chi connectivity index (χ1) is 5.84. The van der Waals surface area contributed by atoms with Gasteiger partial charge >= 0.3 is 0 Å². The quantitative estimate of drug-likeness (QED) is 0.700. The molecule has 1 aromatic carbocycles. The Hall–Kier alpha value is -1.28. The second-order valence-corrected chi connectivity index (χ2v) is 2.49. The number of hydrogen-bond donors (Lipinski definition) is 2. The Bertz CT molecular complexity index is 243. The maximum atomic E-state index is 8.56. The number of aliphatic hydroxyl groups is 1. The first-order valence-corrected chi connectivity index (χ1v) is 3.93. The molecule has 2 N–H and O–H groups in total. The van der Waals surface area contributed by atoms with E-state index in [0.29, 0.717) is 6.54 Å². The summed E-state index contributed by atoms with van der Waals surface area (Å²) in [6.45, 7) is 4.52. The molecule has 0 radical (unpaired) electrons. The van der Waals surface area contributed by atoms with Gasteiger partial charge in [0.15, 0.2) is 0 Å². The molecule has 0 spiro atoms. The summed E-state index contributed by atoms with van der Waals surface area (Å²) in [6.07, 6.45) is 0. The molecule has 0 bridgehead atoms. The summed E-state index contributed by atoms with van der Waals surface area (Å²) in [4.78, 5) is 0. The van der Waals surface area contributed by atoms with Gasteiger partial charge in [-0.25, -0.2) is 0 Å². The molecule has 1 aromatic rings. The van der Waals surface area contributed by atoms with Crippen LogP contribution in [0, 0.1) is 0 Å². The molecule has 0 fully saturated rings. The molecule has 0 aromatic heterocycles. The number of aliphatic hydroxyl groups excluding tert-OH is 1. The lowest BCUT2D eigenvalue weighted by Gasteiger charge is -2.07. The lowest BCUT2D eigenvalue weighted by atomic mass is 10.2. The van der Waals surface area contributed by atoms with E-state index in [1.807, 2.05) is 30.3 Å². The second-order valence-electron chi connectivity index (χ2n) is 2.49. The van der Waals surface area contributed by atoms with E-state index in [4.69, 9.17) is 5.11 Å². The zero-order valence-corrected chi connectivity index (χ0v) is 6.96. The highest BCUT2D eigenvalue weighted by atomic mass is 16.3. The van der Waals surface area contributed by atoms with Crippen LogP contribution in [0.5, 0.6) is 0 Å². The average molecular weight is 163 g/mol. The maximum absolute atomic E-state index is 8.56. The Balaban J connectivity index is 2.54. The molecular formula is C10H13NO. The van der Waals surface area contributed by atoms with Crippen LogP contribution >= 0.6 is 0 Å². The van der Waals surface area contributed by atoms with E-state index in [9.17, 15) is 0 Å². The van der Waals surface area contributed by atoms with E-state index in [2.05, 4.69) is 11.9 Å². The van der Waals surface area contributed by atoms with Crippen molar-refractivity contribution in [2.45, 2.75) is 0 Å². The molecule has 0 aliphatic rings. The van der Waals surface area contributed by atoms with Crippen LogP contribution < -0.4 is 5.32 Å². The fourth-order valence-electron chi connectivity index (χ4n) is 0.948. The zero-order valence-electron chi connectivity index (χ0n) is 6.96. The van der Waals surface area contributed by atoms with Gasteiger partial charge in [0.25, 0.3) is 0 Å². The van der Waals surface area contributed by atoms with Gasteiger partial charge in [-0.3, -0.25) is 0 Å². The lowest BCUT2D eigenvalue weighted by Crippen LogP contribution is -2.15. The van der Waals surface area contributed by atoms with E-state index in [-0.39, 0.29) is 6.61 Å². The second kappa shape index (κ2) is 4.57. The molecular weight excluding hydrogens is 150 g/mol. The van der Waals surface area contributed by atoms with E-state index in [1.165, 1.54) is 0 Å². The minimum absolute atomic E-state index is 0.131. The van der Waals surface area contributed by atoms with E-state index >= 15 is 0 Å². The third-order valence-electron chi connectivity index (χ3n) is 1.57. The van der Waals surface area contributed by atoms with Crippen LogP contribution in [0.25, 0.3) is 5.70 Å². The number of nitrogens with one attached hydrogen (secondary N) is 1. The Morgan fingerprint density at radius 2 is 2.00 bits per heavy atom. The van der Waals surface area contributed by atoms with Crippen molar-refractivity contribution in [2.24, 2.45) is 0 Å². The van der Waals surface area contributed by atoms with Crippen molar-refractivity contribution < 1.29 is 5.11 Å². The Labute approximate surface area is 72.5 Å². The molecule has 0 amide bonds. The Morgan fingerprint density at radius 1 is 1.33 bits per heavy atom. The molecule has 0 unspecified atom stereocenters. The van der Waals surface area contributed by atoms with Gasteiger partial charge in [0, 0.05) is 12.2 Å². The van der Waals surface area contributed by atoms with Gasteiger partial charge in [0.05, 0.1) is 6.61 Å². The van der Waals surface area contributed by atoms with Gasteiger partial charge in [-0.15, -0.1) is 0 Å². The van der Waals surface area contributed by atoms with Gasteiger partial charge in [-0.2, -0.15) is 0 Å². The predicted molar refractivity (Wildman–Crippen MR) is 50.6 cm³/mol. The Kier molecular flexibility index (Phi) is 3.35. The molecule has 12 heavy (non-hydrogen) atoms. The predicted octanol–water partition coefficient (Wildman–Crippen LogP) is 1.24. The van der Waals surface area contributed by atoms with Crippen LogP contribution in [0.4, 0.5) is 0 Å². The van der Waals surface area contributed by atoms with Crippen LogP contribution in [-0.2, 0) is 0 Å². The highest BCUT2D eigenvalue weighted by Crippen LogP contribution is 2.06. The fourth-order valence-corrected chi connectivity index (χ4v) is 0.948. The lowest BCUT2D eigenvalue weighted by molar-refractivity contribution is 0.299. The van der Waals surface area contributed by atoms with Crippen molar-refractivity contribution in [1.29, 1.82) is 0 Å². The van der Waals surface area contributed by atoms with E-state index < -0.39 is 0 Å². The molecule has 0 saturated heterocycles. The molecule has 0 atom stereocenters. The topological polar surface area (TPSA) is 32.3 Å². The molecule has 2 heteroatoms. The van der Waals surface area contributed by atoms with Crippen molar-refractivity contribution >= 4 is 5.70 Å². The van der Waals surface area contributed by atoms with Crippen molar-refractivity contribution in [3.8, 4) is 0 Å². The number of benzene rings is 1. The summed E-state index contributed by atoms with van der Waals surface area (Å²) in [6, 6.07) is 9.84. The number of rotatable bonds is 4. The van der Waals surface area contributed by atoms with Crippen LogP contribution in [0.1, 0.15) is 5.56 Å². The molecule has 1 rings (SSSR count). The van der Waals surface area contributed by atoms with Gasteiger partial charge < -0.3 is 10.4 Å². The molecule has 0 saturated carbocycles. The van der Waals surface area contributed by atoms with Crippen LogP contribution in [0.15, 0.2) is 36.9 Å². The summed E-state index contributed by atoms with van der Waals surface area (Å²) >= 11 is 0. The minimum Gasteiger partial charge on any atom is -0.395 e. The van der Waals surface area contributed by atoms with Gasteiger partial charge in [-0.05, 0) is 5.56 Å². The summed E-state index contributed by atoms with van der Waals surface area (Å²) in [5.74, 6) is 0. The maximum Gasteiger partial charge on any atom is 0.0604 e. The standard InChI is InChI=1S/C10H13NO/c1-9(11-7-8-12)10-5-3-2-4-6-10/h2-6,11-12H,1,7-8H2. The molecule has 64 valence electrons. The fraction of sp³-hybridized carbons (Fsp3) is 0.200. The highest BCUT2D eigenvalue weighted by molar-refractivity contribution is 5.61. The zero-order chi connectivity index (χ0) is 8.81. The van der Waals surface area contributed by atoms with Gasteiger partial charge in [0.1, 0.15) is 0 Å². The monoisotopic (exact) mass is 163 g/mol. The number of hydrogen-bond acceptors (Lipinski definition) is 2. The first kappa shape index (κ1) is 8.81. The van der Waals surface area contributed by atoms with Crippen LogP contribution in [0.2, 0.25) is 0 Å². The Morgan fingerprint density at radius 3 is 2.58 bits per heavy atom. The van der Waals surface area contributed by atoms with E-state index in [1.54, 1.807) is 0 Å². The van der Waals surface area contributed by atoms with Crippen molar-refractivity contribution in [2.75, 3.05) is 13.2 Å². The normalized spacial score (nSPS) is 9.42. The SMILES string of the molecule is C=C(NCCO)c1ccccc1. The summed E-state index contributed by atoms with van der Waals surface area (Å²) in [7, 11) is 0. The third-order valence-corrected chi connectivity index (χ3v) is 1.57. The molecule has 0 aliphatic heterocycles. The molecule has 0 aliphatic carbocycles. The molecule has 2 nitrogen and oxygen atoms in total. The van der Waals surface area contributed by atoms with Crippen LogP contribution in [-0.4, -0.2) is 18.3 Å². The summed E-state index contributed by atoms with van der Waals surface area (Å²) < 4.78 is 0. The third kappa shape index (κ3) is 2.40. The van der Waals surface area contributed by atoms with Crippen LogP contribution in [0.3, 0.4) is 0 Å². The van der Waals surface area contributed by atoms with Gasteiger partial charge in [-0.1, -0.05) is 36.9 Å². The largest absolute Gasteiger partial charge is 0.395 e. The van der Waals surface area contributed by atoms with Gasteiger partial charge in [0.2, 0.25) is 0 Å². The smallest absolute Gasteiger partial charge is 0.0604 e. The van der Waals surface area contributed by atoms with Crippen molar-refractivity contribution in [3.05, 3.63) is 42.5 Å². The minimum atomic E-state index is 0.131. The summed E-state index contributed by atoms with van der Waals surface area (Å²) in [5, 5.41) is 11.6. The van der Waals surface area contributed by atoms with E-state index in [0.717, 1.165) is 11.3 Å². The highest BCUT2D eigenvalue weighted by Gasteiger charge is 1.94. The van der Waals surface area contributed by atoms with Crippen molar-refractivity contribution in [1.82, 2.24) is 5.32 Å². The first-order valence-electron chi connectivity index (χ1n) is 3.93. The van der Waals surface area contributed by atoms with Crippen molar-refractivity contribution in [3.63, 3.8) is 0 Å². The molecule has 0 heterocycles. The average Bonchev–Trinajstić information content (AvgIpc) is 2.15. The summed E-state index contributed by atoms with van der Waals surface area (Å²) in [5.41, 5.74) is 1.91.